The van der Waals surface area contributed by atoms with Crippen LogP contribution in [0.1, 0.15) is 38.9 Å². The van der Waals surface area contributed by atoms with Crippen LogP contribution >= 0.6 is 11.8 Å². The van der Waals surface area contributed by atoms with Crippen LogP contribution in [0.25, 0.3) is 0 Å². The van der Waals surface area contributed by atoms with Crippen LogP contribution in [-0.4, -0.2) is 53.2 Å². The third-order valence-corrected chi connectivity index (χ3v) is 4.25. The van der Waals surface area contributed by atoms with Crippen LogP contribution in [0, 0.1) is 0 Å². The second-order valence-electron chi connectivity index (χ2n) is 5.13. The molecule has 0 amide bonds. The van der Waals surface area contributed by atoms with Gasteiger partial charge in [0, 0.05) is 25.6 Å². The molecular weight excluding hydrogens is 272 g/mol. The van der Waals surface area contributed by atoms with Gasteiger partial charge in [-0.05, 0) is 45.2 Å². The molecule has 0 aliphatic heterocycles. The molecule has 1 heterocycles. The average Bonchev–Trinajstić information content (AvgIpc) is 2.90. The van der Waals surface area contributed by atoms with Gasteiger partial charge in [-0.3, -0.25) is 0 Å². The predicted octanol–water partition coefficient (Wildman–Crippen LogP) is 2.90. The lowest BCUT2D eigenvalue weighted by Crippen LogP contribution is -2.32. The lowest BCUT2D eigenvalue weighted by molar-refractivity contribution is 0.260. The molecule has 1 atom stereocenters. The van der Waals surface area contributed by atoms with Crippen molar-refractivity contribution in [3.63, 3.8) is 0 Å². The van der Waals surface area contributed by atoms with Crippen LogP contribution in [0.4, 0.5) is 6.01 Å². The second-order valence-corrected chi connectivity index (χ2v) is 6.12. The topological polar surface area (TPSA) is 54.2 Å². The molecule has 6 heteroatoms. The first-order chi connectivity index (χ1) is 9.67. The van der Waals surface area contributed by atoms with E-state index in [1.807, 2.05) is 11.8 Å². The molecule has 1 N–H and O–H groups in total. The Morgan fingerprint density at radius 2 is 2.20 bits per heavy atom. The molecule has 116 valence electrons. The third-order valence-electron chi connectivity index (χ3n) is 3.55. The molecule has 5 nitrogen and oxygen atoms in total. The van der Waals surface area contributed by atoms with Crippen LogP contribution in [0.3, 0.4) is 0 Å². The van der Waals surface area contributed by atoms with Crippen molar-refractivity contribution < 1.29 is 4.52 Å². The van der Waals surface area contributed by atoms with E-state index in [2.05, 4.69) is 47.5 Å². The molecule has 1 aromatic heterocycles. The van der Waals surface area contributed by atoms with Gasteiger partial charge in [-0.15, -0.1) is 0 Å². The smallest absolute Gasteiger partial charge is 0.321 e. The quantitative estimate of drug-likeness (QED) is 0.634. The van der Waals surface area contributed by atoms with Crippen LogP contribution < -0.4 is 5.32 Å². The molecule has 1 aromatic rings. The summed E-state index contributed by atoms with van der Waals surface area (Å²) in [6.07, 6.45) is 6.53. The van der Waals surface area contributed by atoms with Gasteiger partial charge in [-0.1, -0.05) is 12.1 Å². The monoisotopic (exact) mass is 300 g/mol. The fourth-order valence-electron chi connectivity index (χ4n) is 1.83. The fourth-order valence-corrected chi connectivity index (χ4v) is 2.32. The number of rotatable bonds is 11. The summed E-state index contributed by atoms with van der Waals surface area (Å²) in [4.78, 5) is 6.68. The molecule has 0 fully saturated rings. The van der Waals surface area contributed by atoms with Gasteiger partial charge >= 0.3 is 6.01 Å². The van der Waals surface area contributed by atoms with Gasteiger partial charge in [0.15, 0.2) is 5.82 Å². The number of hydrogen-bond acceptors (Lipinski definition) is 6. The molecule has 0 radical (unpaired) electrons. The maximum Gasteiger partial charge on any atom is 0.321 e. The van der Waals surface area contributed by atoms with Gasteiger partial charge in [0.1, 0.15) is 0 Å². The normalized spacial score (nSPS) is 12.8. The van der Waals surface area contributed by atoms with Gasteiger partial charge in [0.25, 0.3) is 0 Å². The Bertz CT molecular complexity index is 359. The molecule has 20 heavy (non-hydrogen) atoms. The number of thioether (sulfide) groups is 1. The minimum Gasteiger partial charge on any atom is -0.336 e. The molecule has 0 spiro atoms. The Labute approximate surface area is 126 Å². The first-order valence-corrected chi connectivity index (χ1v) is 8.82. The third kappa shape index (κ3) is 6.61. The number of likely N-dealkylation sites (N-methyl/N-ethyl adjacent to an activating group) is 1. The van der Waals surface area contributed by atoms with Crippen LogP contribution in [0.15, 0.2) is 4.52 Å². The molecule has 0 aliphatic rings. The molecule has 0 aliphatic carbocycles. The van der Waals surface area contributed by atoms with Crippen molar-refractivity contribution in [1.29, 1.82) is 0 Å². The number of aromatic nitrogens is 2. The molecule has 0 saturated carbocycles. The van der Waals surface area contributed by atoms with E-state index in [1.165, 1.54) is 12.2 Å². The number of nitrogens with zero attached hydrogens (tertiary/aromatic N) is 3. The van der Waals surface area contributed by atoms with Crippen LogP contribution in [-0.2, 0) is 6.42 Å². The number of unbranched alkanes of at least 4 members (excludes halogenated alkanes) is 1. The van der Waals surface area contributed by atoms with Crippen LogP contribution in [0.2, 0.25) is 0 Å². The Morgan fingerprint density at radius 1 is 1.40 bits per heavy atom. The summed E-state index contributed by atoms with van der Waals surface area (Å²) in [7, 11) is 2.14. The highest BCUT2D eigenvalue weighted by atomic mass is 32.2. The van der Waals surface area contributed by atoms with E-state index in [-0.39, 0.29) is 0 Å². The highest BCUT2D eigenvalue weighted by Crippen LogP contribution is 2.08. The number of hydrogen-bond donors (Lipinski definition) is 1. The van der Waals surface area contributed by atoms with Crippen molar-refractivity contribution in [2.75, 3.05) is 37.5 Å². The zero-order valence-electron chi connectivity index (χ0n) is 13.2. The SMILES string of the molecule is CCC(C)N(C)CCNc1nc(CCCCSC)no1. The molecule has 0 aromatic carbocycles. The number of aryl methyl sites for hydroxylation is 1. The van der Waals surface area contributed by atoms with Gasteiger partial charge in [0.05, 0.1) is 0 Å². The van der Waals surface area contributed by atoms with Crippen molar-refractivity contribution in [3.8, 4) is 0 Å². The van der Waals surface area contributed by atoms with E-state index >= 15 is 0 Å². The lowest BCUT2D eigenvalue weighted by Gasteiger charge is -2.23. The largest absolute Gasteiger partial charge is 0.336 e. The summed E-state index contributed by atoms with van der Waals surface area (Å²) in [5.41, 5.74) is 0. The number of nitrogens with one attached hydrogen (secondary N) is 1. The zero-order chi connectivity index (χ0) is 14.8. The van der Waals surface area contributed by atoms with Crippen molar-refractivity contribution in [2.24, 2.45) is 0 Å². The van der Waals surface area contributed by atoms with Gasteiger partial charge < -0.3 is 14.7 Å². The minimum absolute atomic E-state index is 0.544. The van der Waals surface area contributed by atoms with Crippen molar-refractivity contribution in [1.82, 2.24) is 15.0 Å². The van der Waals surface area contributed by atoms with Gasteiger partial charge in [-0.2, -0.15) is 16.7 Å². The van der Waals surface area contributed by atoms with Crippen molar-refractivity contribution in [3.05, 3.63) is 5.82 Å². The first kappa shape index (κ1) is 17.3. The maximum atomic E-state index is 5.19. The van der Waals surface area contributed by atoms with Gasteiger partial charge in [-0.25, -0.2) is 0 Å². The fraction of sp³-hybridized carbons (Fsp3) is 0.857. The zero-order valence-corrected chi connectivity index (χ0v) is 14.0. The van der Waals surface area contributed by atoms with Crippen molar-refractivity contribution >= 4 is 17.8 Å². The molecule has 0 saturated heterocycles. The average molecular weight is 300 g/mol. The van der Waals surface area contributed by atoms with E-state index in [4.69, 9.17) is 4.52 Å². The summed E-state index contributed by atoms with van der Waals surface area (Å²) < 4.78 is 5.19. The molecular formula is C14H28N4OS. The second kappa shape index (κ2) is 10.0. The van der Waals surface area contributed by atoms with E-state index in [9.17, 15) is 0 Å². The summed E-state index contributed by atoms with van der Waals surface area (Å²) >= 11 is 1.88. The molecule has 1 rings (SSSR count). The van der Waals surface area contributed by atoms with Crippen molar-refractivity contribution in [2.45, 2.75) is 45.6 Å². The summed E-state index contributed by atoms with van der Waals surface area (Å²) in [5, 5.41) is 7.18. The molecule has 0 bridgehead atoms. The van der Waals surface area contributed by atoms with Gasteiger partial charge in [0.2, 0.25) is 0 Å². The Morgan fingerprint density at radius 3 is 2.90 bits per heavy atom. The Balaban J connectivity index is 2.20. The Kier molecular flexibility index (Phi) is 8.69. The summed E-state index contributed by atoms with van der Waals surface area (Å²) in [6.45, 7) is 6.24. The summed E-state index contributed by atoms with van der Waals surface area (Å²) in [6, 6.07) is 1.15. The summed E-state index contributed by atoms with van der Waals surface area (Å²) in [5.74, 6) is 2.01. The minimum atomic E-state index is 0.544. The standard InChI is InChI=1S/C14H28N4OS/c1-5-12(2)18(3)10-9-15-14-16-13(17-19-14)8-6-7-11-20-4/h12H,5-11H2,1-4H3,(H,15,16,17). The highest BCUT2D eigenvalue weighted by molar-refractivity contribution is 7.98. The van der Waals surface area contributed by atoms with E-state index in [0.717, 1.165) is 38.2 Å². The first-order valence-electron chi connectivity index (χ1n) is 7.43. The Hall–Kier alpha value is -0.750. The molecule has 1 unspecified atom stereocenters. The maximum absolute atomic E-state index is 5.19. The lowest BCUT2D eigenvalue weighted by atomic mass is 10.2. The van der Waals surface area contributed by atoms with Crippen LogP contribution in [0.5, 0.6) is 0 Å². The van der Waals surface area contributed by atoms with E-state index in [0.29, 0.717) is 12.1 Å². The predicted molar refractivity (Wildman–Crippen MR) is 86.5 cm³/mol. The van der Waals surface area contributed by atoms with E-state index in [1.54, 1.807) is 0 Å². The van der Waals surface area contributed by atoms with E-state index < -0.39 is 0 Å². The highest BCUT2D eigenvalue weighted by Gasteiger charge is 2.08. The number of anilines is 1.